The van der Waals surface area contributed by atoms with Crippen molar-refractivity contribution in [3.05, 3.63) is 80.7 Å². The molecule has 0 radical (unpaired) electrons. The lowest BCUT2D eigenvalue weighted by Crippen LogP contribution is -2.23. The van der Waals surface area contributed by atoms with Gasteiger partial charge in [-0.15, -0.1) is 11.3 Å². The molecule has 152 valence electrons. The number of amides is 1. The Bertz CT molecular complexity index is 1300. The number of hydrogen-bond acceptors (Lipinski definition) is 5. The van der Waals surface area contributed by atoms with E-state index in [0.717, 1.165) is 11.8 Å². The Kier molecular flexibility index (Phi) is 5.90. The lowest BCUT2D eigenvalue weighted by Gasteiger charge is -2.14. The van der Waals surface area contributed by atoms with Gasteiger partial charge in [0.1, 0.15) is 10.5 Å². The number of halogens is 2. The van der Waals surface area contributed by atoms with Crippen molar-refractivity contribution in [2.24, 2.45) is 0 Å². The van der Waals surface area contributed by atoms with Crippen LogP contribution >= 0.6 is 34.7 Å². The maximum atomic E-state index is 13.6. The first-order valence-electron chi connectivity index (χ1n) is 8.87. The fourth-order valence-electron chi connectivity index (χ4n) is 2.93. The number of aromatic nitrogens is 2. The highest BCUT2D eigenvalue weighted by atomic mass is 35.5. The van der Waals surface area contributed by atoms with Gasteiger partial charge in [-0.3, -0.25) is 14.2 Å². The van der Waals surface area contributed by atoms with Gasteiger partial charge in [-0.25, -0.2) is 9.37 Å². The second kappa shape index (κ2) is 8.59. The molecular formula is C21H15ClFN3O2S2. The zero-order valence-electron chi connectivity index (χ0n) is 15.7. The minimum atomic E-state index is -0.383. The summed E-state index contributed by atoms with van der Waals surface area (Å²) in [6.07, 6.45) is 0. The molecule has 0 fully saturated rings. The molecule has 0 aliphatic rings. The lowest BCUT2D eigenvalue weighted by atomic mass is 10.2. The summed E-state index contributed by atoms with van der Waals surface area (Å²) in [5.74, 6) is -0.583. The average Bonchev–Trinajstić information content (AvgIpc) is 3.18. The van der Waals surface area contributed by atoms with Gasteiger partial charge in [-0.05, 0) is 66.4 Å². The molecule has 2 aromatic heterocycles. The highest BCUT2D eigenvalue weighted by molar-refractivity contribution is 7.99. The predicted octanol–water partition coefficient (Wildman–Crippen LogP) is 5.28. The van der Waals surface area contributed by atoms with Gasteiger partial charge in [-0.1, -0.05) is 23.4 Å². The zero-order chi connectivity index (χ0) is 21.3. The number of rotatable bonds is 5. The minimum Gasteiger partial charge on any atom is -0.325 e. The molecule has 0 atom stereocenters. The molecule has 4 aromatic rings. The quantitative estimate of drug-likeness (QED) is 0.326. The lowest BCUT2D eigenvalue weighted by molar-refractivity contribution is -0.113. The summed E-state index contributed by atoms with van der Waals surface area (Å²) >= 11 is 8.30. The summed E-state index contributed by atoms with van der Waals surface area (Å²) in [5.41, 5.74) is 2.08. The number of carbonyl (C=O) groups excluding carboxylic acids is 1. The first-order valence-corrected chi connectivity index (χ1v) is 11.1. The van der Waals surface area contributed by atoms with Gasteiger partial charge in [0.25, 0.3) is 5.56 Å². The number of hydrogen-bond donors (Lipinski definition) is 1. The van der Waals surface area contributed by atoms with E-state index in [-0.39, 0.29) is 23.0 Å². The van der Waals surface area contributed by atoms with E-state index in [1.54, 1.807) is 48.7 Å². The molecule has 4 rings (SSSR count). The third kappa shape index (κ3) is 4.26. The maximum Gasteiger partial charge on any atom is 0.276 e. The van der Waals surface area contributed by atoms with Gasteiger partial charge in [0, 0.05) is 10.7 Å². The van der Waals surface area contributed by atoms with Gasteiger partial charge in [-0.2, -0.15) is 0 Å². The van der Waals surface area contributed by atoms with Gasteiger partial charge in [0.2, 0.25) is 5.91 Å². The van der Waals surface area contributed by atoms with Crippen molar-refractivity contribution in [3.63, 3.8) is 0 Å². The largest absolute Gasteiger partial charge is 0.325 e. The number of benzene rings is 2. The number of carbonyl (C=O) groups is 1. The van der Waals surface area contributed by atoms with Gasteiger partial charge >= 0.3 is 0 Å². The number of fused-ring (bicyclic) bond motifs is 1. The summed E-state index contributed by atoms with van der Waals surface area (Å²) in [4.78, 5) is 30.1. The Morgan fingerprint density at radius 1 is 1.23 bits per heavy atom. The average molecular weight is 460 g/mol. The van der Waals surface area contributed by atoms with E-state index in [0.29, 0.717) is 37.3 Å². The molecule has 0 saturated heterocycles. The van der Waals surface area contributed by atoms with Crippen LogP contribution in [-0.2, 0) is 4.79 Å². The molecule has 9 heteroatoms. The predicted molar refractivity (Wildman–Crippen MR) is 121 cm³/mol. The topological polar surface area (TPSA) is 64.0 Å². The monoisotopic (exact) mass is 459 g/mol. The molecule has 0 saturated carbocycles. The van der Waals surface area contributed by atoms with Gasteiger partial charge < -0.3 is 5.32 Å². The molecule has 5 nitrogen and oxygen atoms in total. The Labute approximate surface area is 184 Å². The molecule has 0 aliphatic heterocycles. The van der Waals surface area contributed by atoms with Crippen LogP contribution in [0.1, 0.15) is 5.56 Å². The van der Waals surface area contributed by atoms with Crippen LogP contribution in [0.25, 0.3) is 15.9 Å². The molecular weight excluding hydrogens is 445 g/mol. The minimum absolute atomic E-state index is 0.0466. The normalized spacial score (nSPS) is 11.0. The fraction of sp³-hybridized carbons (Fsp3) is 0.0952. The van der Waals surface area contributed by atoms with Crippen molar-refractivity contribution in [1.29, 1.82) is 0 Å². The second-order valence-corrected chi connectivity index (χ2v) is 8.74. The molecule has 2 heterocycles. The van der Waals surface area contributed by atoms with Crippen LogP contribution < -0.4 is 10.9 Å². The number of nitrogens with one attached hydrogen (secondary N) is 1. The van der Waals surface area contributed by atoms with Crippen molar-refractivity contribution in [1.82, 2.24) is 9.55 Å². The fourth-order valence-corrected chi connectivity index (χ4v) is 4.62. The van der Waals surface area contributed by atoms with E-state index in [1.165, 1.54) is 28.0 Å². The van der Waals surface area contributed by atoms with E-state index in [9.17, 15) is 14.0 Å². The highest BCUT2D eigenvalue weighted by Gasteiger charge is 2.17. The molecule has 30 heavy (non-hydrogen) atoms. The first-order chi connectivity index (χ1) is 14.4. The molecule has 2 aromatic carbocycles. The van der Waals surface area contributed by atoms with Crippen LogP contribution in [-0.4, -0.2) is 21.2 Å². The summed E-state index contributed by atoms with van der Waals surface area (Å²) in [6.45, 7) is 1.73. The summed E-state index contributed by atoms with van der Waals surface area (Å²) in [5, 5.41) is 5.52. The van der Waals surface area contributed by atoms with Crippen LogP contribution in [0, 0.1) is 12.7 Å². The first kappa shape index (κ1) is 20.6. The van der Waals surface area contributed by atoms with Crippen LogP contribution in [0.15, 0.2) is 63.9 Å². The van der Waals surface area contributed by atoms with Crippen molar-refractivity contribution >= 4 is 56.5 Å². The third-order valence-electron chi connectivity index (χ3n) is 4.31. The zero-order valence-corrected chi connectivity index (χ0v) is 18.1. The van der Waals surface area contributed by atoms with Crippen molar-refractivity contribution in [3.8, 4) is 5.69 Å². The summed E-state index contributed by atoms with van der Waals surface area (Å²) in [7, 11) is 0. The van der Waals surface area contributed by atoms with E-state index in [2.05, 4.69) is 10.3 Å². The van der Waals surface area contributed by atoms with Crippen LogP contribution in [0.2, 0.25) is 5.02 Å². The highest BCUT2D eigenvalue weighted by Crippen LogP contribution is 2.25. The standard InChI is InChI=1S/C21H15ClFN3O2S2/c1-12-10-14(23)4-7-17(12)26-20(28)19-16(8-9-29-19)25-21(26)30-11-18(27)24-15-5-2-13(22)3-6-15/h2-10H,11H2,1H3,(H,24,27). The van der Waals surface area contributed by atoms with Crippen LogP contribution in [0.4, 0.5) is 10.1 Å². The van der Waals surface area contributed by atoms with E-state index >= 15 is 0 Å². The van der Waals surface area contributed by atoms with Crippen molar-refractivity contribution < 1.29 is 9.18 Å². The van der Waals surface area contributed by atoms with Crippen molar-refractivity contribution in [2.75, 3.05) is 11.1 Å². The Morgan fingerprint density at radius 3 is 2.73 bits per heavy atom. The van der Waals surface area contributed by atoms with Crippen LogP contribution in [0.5, 0.6) is 0 Å². The number of aryl methyl sites for hydroxylation is 1. The number of nitrogens with zero attached hydrogens (tertiary/aromatic N) is 2. The molecule has 1 N–H and O–H groups in total. The smallest absolute Gasteiger partial charge is 0.276 e. The Balaban J connectivity index is 1.66. The van der Waals surface area contributed by atoms with Crippen LogP contribution in [0.3, 0.4) is 0 Å². The maximum absolute atomic E-state index is 13.6. The molecule has 0 bridgehead atoms. The SMILES string of the molecule is Cc1cc(F)ccc1-n1c(SCC(=O)Nc2ccc(Cl)cc2)nc2ccsc2c1=O. The van der Waals surface area contributed by atoms with E-state index < -0.39 is 0 Å². The number of thioether (sulfide) groups is 1. The second-order valence-electron chi connectivity index (χ2n) is 6.44. The molecule has 0 spiro atoms. The number of thiophene rings is 1. The Morgan fingerprint density at radius 2 is 2.00 bits per heavy atom. The van der Waals surface area contributed by atoms with Gasteiger partial charge in [0.05, 0.1) is 17.0 Å². The number of anilines is 1. The molecule has 0 aliphatic carbocycles. The van der Waals surface area contributed by atoms with E-state index in [1.807, 2.05) is 0 Å². The molecule has 0 unspecified atom stereocenters. The van der Waals surface area contributed by atoms with E-state index in [4.69, 9.17) is 11.6 Å². The third-order valence-corrected chi connectivity index (χ3v) is 6.39. The Hall–Kier alpha value is -2.68. The van der Waals surface area contributed by atoms with Crippen molar-refractivity contribution in [2.45, 2.75) is 12.1 Å². The summed E-state index contributed by atoms with van der Waals surface area (Å²) in [6, 6.07) is 12.8. The van der Waals surface area contributed by atoms with Gasteiger partial charge in [0.15, 0.2) is 5.16 Å². The summed E-state index contributed by atoms with van der Waals surface area (Å²) < 4.78 is 15.5. The molecule has 1 amide bonds.